The molecule has 40 valence electrons. The first-order chi connectivity index (χ1) is 3.39. The zero-order valence-corrected chi connectivity index (χ0v) is 7.31. The third-order valence-electron chi connectivity index (χ3n) is 1.25. The van der Waals surface area contributed by atoms with Crippen molar-refractivity contribution in [3.05, 3.63) is 6.42 Å². The Balaban J connectivity index is 0.000000490. The fraction of sp³-hybridized carbons (Fsp3) is 0.667. The van der Waals surface area contributed by atoms with Gasteiger partial charge < -0.3 is 11.2 Å². The van der Waals surface area contributed by atoms with Gasteiger partial charge in [-0.3, -0.25) is 0 Å². The molecule has 1 fully saturated rings. The molecule has 2 heteroatoms. The summed E-state index contributed by atoms with van der Waals surface area (Å²) >= 11 is 0. The van der Waals surface area contributed by atoms with E-state index in [2.05, 4.69) is 0 Å². The standard InChI is InChI=1S/C6H9O.Na/c7-6-4-2-1-3-5-6;/h4H,1-3,5H2;/q-1;+1. The maximum atomic E-state index is 10.4. The monoisotopic (exact) mass is 120 g/mol. The number of Topliss-reactive ketones (excluding diaryl/α,β-unsaturated/α-hetero) is 1. The molecule has 8 heavy (non-hydrogen) atoms. The van der Waals surface area contributed by atoms with Crippen LogP contribution in [0.15, 0.2) is 0 Å². The van der Waals surface area contributed by atoms with Crippen molar-refractivity contribution in [3.8, 4) is 0 Å². The van der Waals surface area contributed by atoms with Crippen molar-refractivity contribution in [1.82, 2.24) is 0 Å². The van der Waals surface area contributed by atoms with Crippen LogP contribution >= 0.6 is 0 Å². The SMILES string of the molecule is O=C1[CH-]CCCC1.[Na+]. The summed E-state index contributed by atoms with van der Waals surface area (Å²) in [5.74, 6) is 0.339. The zero-order valence-electron chi connectivity index (χ0n) is 5.31. The van der Waals surface area contributed by atoms with Gasteiger partial charge in [0, 0.05) is 0 Å². The molecule has 1 rings (SSSR count). The van der Waals surface area contributed by atoms with Gasteiger partial charge in [0.05, 0.1) is 0 Å². The van der Waals surface area contributed by atoms with Gasteiger partial charge in [0.25, 0.3) is 0 Å². The van der Waals surface area contributed by atoms with Crippen LogP contribution in [0.3, 0.4) is 0 Å². The van der Waals surface area contributed by atoms with Crippen LogP contribution in [0.4, 0.5) is 0 Å². The minimum absolute atomic E-state index is 0. The number of carbonyl (C=O) groups is 1. The fourth-order valence-corrected chi connectivity index (χ4v) is 0.809. The normalized spacial score (nSPS) is 18.8. The second kappa shape index (κ2) is 4.42. The molecule has 0 aromatic carbocycles. The van der Waals surface area contributed by atoms with Gasteiger partial charge in [0.2, 0.25) is 0 Å². The van der Waals surface area contributed by atoms with Gasteiger partial charge in [-0.05, 0) is 12.2 Å². The quantitative estimate of drug-likeness (QED) is 0.276. The second-order valence-corrected chi connectivity index (χ2v) is 1.92. The third kappa shape index (κ3) is 2.75. The number of hydrogen-bond acceptors (Lipinski definition) is 1. The van der Waals surface area contributed by atoms with E-state index >= 15 is 0 Å². The smallest absolute Gasteiger partial charge is 0.334 e. The van der Waals surface area contributed by atoms with Gasteiger partial charge >= 0.3 is 29.6 Å². The molecule has 1 aliphatic carbocycles. The summed E-state index contributed by atoms with van der Waals surface area (Å²) in [4.78, 5) is 10.4. The molecule has 1 nitrogen and oxygen atoms in total. The van der Waals surface area contributed by atoms with Crippen molar-refractivity contribution < 1.29 is 34.4 Å². The number of ketones is 1. The van der Waals surface area contributed by atoms with Crippen molar-refractivity contribution in [3.63, 3.8) is 0 Å². The van der Waals surface area contributed by atoms with Crippen molar-refractivity contribution in [2.24, 2.45) is 0 Å². The molecule has 0 saturated heterocycles. The van der Waals surface area contributed by atoms with Crippen molar-refractivity contribution >= 4 is 5.78 Å². The summed E-state index contributed by atoms with van der Waals surface area (Å²) in [7, 11) is 0. The molecule has 0 amide bonds. The Kier molecular flexibility index (Phi) is 4.72. The largest absolute Gasteiger partial charge is 1.00 e. The van der Waals surface area contributed by atoms with E-state index in [4.69, 9.17) is 0 Å². The molecule has 0 unspecified atom stereocenters. The first-order valence-corrected chi connectivity index (χ1v) is 2.75. The van der Waals surface area contributed by atoms with Crippen LogP contribution in [-0.2, 0) is 4.79 Å². The molecule has 0 bridgehead atoms. The number of rotatable bonds is 0. The molecular formula is C6H9NaO. The van der Waals surface area contributed by atoms with Crippen LogP contribution in [0, 0.1) is 6.42 Å². The molecule has 0 radical (unpaired) electrons. The van der Waals surface area contributed by atoms with E-state index in [1.165, 1.54) is 6.42 Å². The van der Waals surface area contributed by atoms with Gasteiger partial charge in [-0.25, -0.2) is 0 Å². The Morgan fingerprint density at radius 1 is 1.38 bits per heavy atom. The average molecular weight is 120 g/mol. The fourth-order valence-electron chi connectivity index (χ4n) is 0.809. The Bertz CT molecular complexity index is 72.6. The summed E-state index contributed by atoms with van der Waals surface area (Å²) in [5, 5.41) is 0. The molecule has 0 N–H and O–H groups in total. The molecule has 0 aliphatic heterocycles. The number of carbonyl (C=O) groups excluding carboxylic acids is 1. The Hall–Kier alpha value is 0.540. The summed E-state index contributed by atoms with van der Waals surface area (Å²) in [6, 6.07) is 0. The molecule has 1 aliphatic rings. The van der Waals surface area contributed by atoms with E-state index in [-0.39, 0.29) is 29.6 Å². The predicted octanol–water partition coefficient (Wildman–Crippen LogP) is -1.66. The Morgan fingerprint density at radius 2 is 2.12 bits per heavy atom. The molecule has 0 atom stereocenters. The maximum absolute atomic E-state index is 10.4. The van der Waals surface area contributed by atoms with Gasteiger partial charge in [0.1, 0.15) is 0 Å². The molecule has 1 saturated carbocycles. The van der Waals surface area contributed by atoms with Gasteiger partial charge in [-0.1, -0.05) is 12.8 Å². The van der Waals surface area contributed by atoms with E-state index in [9.17, 15) is 4.79 Å². The third-order valence-corrected chi connectivity index (χ3v) is 1.25. The average Bonchev–Trinajstić information content (AvgIpc) is 1.69. The van der Waals surface area contributed by atoms with Crippen LogP contribution in [0.2, 0.25) is 0 Å². The van der Waals surface area contributed by atoms with Crippen LogP contribution in [0.5, 0.6) is 0 Å². The van der Waals surface area contributed by atoms with Gasteiger partial charge in [0.15, 0.2) is 0 Å². The van der Waals surface area contributed by atoms with Crippen LogP contribution in [-0.4, -0.2) is 5.78 Å². The second-order valence-electron chi connectivity index (χ2n) is 1.92. The molecule has 0 aromatic rings. The van der Waals surface area contributed by atoms with E-state index in [0.717, 1.165) is 19.3 Å². The first-order valence-electron chi connectivity index (χ1n) is 2.75. The molecular weight excluding hydrogens is 111 g/mol. The van der Waals surface area contributed by atoms with Crippen molar-refractivity contribution in [2.45, 2.75) is 25.7 Å². The maximum Gasteiger partial charge on any atom is 1.00 e. The Labute approximate surface area is 72.1 Å². The molecule has 0 heterocycles. The van der Waals surface area contributed by atoms with E-state index in [0.29, 0.717) is 5.78 Å². The summed E-state index contributed by atoms with van der Waals surface area (Å²) in [6.07, 6.45) is 5.92. The minimum Gasteiger partial charge on any atom is -0.334 e. The minimum atomic E-state index is 0. The van der Waals surface area contributed by atoms with Crippen LogP contribution in [0.1, 0.15) is 25.7 Å². The molecule has 0 aromatic heterocycles. The van der Waals surface area contributed by atoms with Crippen molar-refractivity contribution in [1.29, 1.82) is 0 Å². The van der Waals surface area contributed by atoms with Gasteiger partial charge in [-0.15, -0.1) is 0 Å². The summed E-state index contributed by atoms with van der Waals surface area (Å²) in [5.41, 5.74) is 0. The van der Waals surface area contributed by atoms with Crippen LogP contribution < -0.4 is 29.6 Å². The van der Waals surface area contributed by atoms with Crippen molar-refractivity contribution in [2.75, 3.05) is 0 Å². The van der Waals surface area contributed by atoms with E-state index in [1.54, 1.807) is 6.42 Å². The zero-order chi connectivity index (χ0) is 5.11. The van der Waals surface area contributed by atoms with Crippen LogP contribution in [0.25, 0.3) is 0 Å². The predicted molar refractivity (Wildman–Crippen MR) is 27.8 cm³/mol. The summed E-state index contributed by atoms with van der Waals surface area (Å²) < 4.78 is 0. The first kappa shape index (κ1) is 8.54. The number of hydrogen-bond donors (Lipinski definition) is 0. The van der Waals surface area contributed by atoms with E-state index < -0.39 is 0 Å². The van der Waals surface area contributed by atoms with E-state index in [1.807, 2.05) is 0 Å². The topological polar surface area (TPSA) is 17.1 Å². The molecule has 0 spiro atoms. The van der Waals surface area contributed by atoms with Gasteiger partial charge in [-0.2, -0.15) is 6.42 Å². The summed E-state index contributed by atoms with van der Waals surface area (Å²) in [6.45, 7) is 0. The Morgan fingerprint density at radius 3 is 2.38 bits per heavy atom.